The number of carbonyl (C=O) groups excluding carboxylic acids is 2. The van der Waals surface area contributed by atoms with Gasteiger partial charge >= 0.3 is 5.97 Å². The van der Waals surface area contributed by atoms with Crippen LogP contribution in [0.4, 0.5) is 0 Å². The van der Waals surface area contributed by atoms with E-state index in [9.17, 15) is 9.59 Å². The zero-order chi connectivity index (χ0) is 16.4. The first kappa shape index (κ1) is 15.6. The number of ether oxygens (including phenoxy) is 1. The number of nitrogens with one attached hydrogen (secondary N) is 1. The second-order valence-electron chi connectivity index (χ2n) is 5.42. The number of rotatable bonds is 5. The number of hydrogen-bond acceptors (Lipinski definition) is 4. The lowest BCUT2D eigenvalue weighted by atomic mass is 10.2. The lowest BCUT2D eigenvalue weighted by Gasteiger charge is -2.06. The Morgan fingerprint density at radius 2 is 2.04 bits per heavy atom. The summed E-state index contributed by atoms with van der Waals surface area (Å²) in [6.07, 6.45) is 1.96. The predicted octanol–water partition coefficient (Wildman–Crippen LogP) is 2.27. The van der Waals surface area contributed by atoms with E-state index in [1.165, 1.54) is 4.68 Å². The molecule has 1 saturated carbocycles. The monoisotopic (exact) mass is 333 g/mol. The van der Waals surface area contributed by atoms with Gasteiger partial charge in [0.25, 0.3) is 5.91 Å². The molecule has 23 heavy (non-hydrogen) atoms. The number of halogens is 1. The largest absolute Gasteiger partial charge is 0.452 e. The Labute approximate surface area is 138 Å². The number of aromatic nitrogens is 2. The molecule has 0 saturated heterocycles. The average Bonchev–Trinajstić information content (AvgIpc) is 3.30. The van der Waals surface area contributed by atoms with Crippen LogP contribution in [0.15, 0.2) is 30.3 Å². The Morgan fingerprint density at radius 3 is 2.70 bits per heavy atom. The number of nitrogens with zero attached hydrogens (tertiary/aromatic N) is 2. The van der Waals surface area contributed by atoms with Gasteiger partial charge < -0.3 is 10.1 Å². The molecule has 120 valence electrons. The molecule has 0 unspecified atom stereocenters. The molecule has 0 aliphatic heterocycles. The highest BCUT2D eigenvalue weighted by Gasteiger charge is 2.25. The van der Waals surface area contributed by atoms with Gasteiger partial charge in [0, 0.05) is 6.04 Å². The lowest BCUT2D eigenvalue weighted by Crippen LogP contribution is -2.30. The minimum absolute atomic E-state index is 0.168. The molecule has 0 radical (unpaired) electrons. The standard InChI is InChI=1S/C16H16ClN3O3/c1-10-14(16(22)23-9-13(21)18-11-7-8-11)15(17)20(19-10)12-5-3-2-4-6-12/h2-6,11H,7-9H2,1H3,(H,18,21). The van der Waals surface area contributed by atoms with Crippen molar-refractivity contribution in [3.63, 3.8) is 0 Å². The lowest BCUT2D eigenvalue weighted by molar-refractivity contribution is -0.124. The highest BCUT2D eigenvalue weighted by Crippen LogP contribution is 2.24. The fraction of sp³-hybridized carbons (Fsp3) is 0.312. The second kappa shape index (κ2) is 6.42. The van der Waals surface area contributed by atoms with Crippen LogP contribution in [0.2, 0.25) is 5.15 Å². The van der Waals surface area contributed by atoms with Gasteiger partial charge in [0.2, 0.25) is 0 Å². The van der Waals surface area contributed by atoms with Crippen LogP contribution in [0.1, 0.15) is 28.9 Å². The summed E-state index contributed by atoms with van der Waals surface area (Å²) in [6, 6.07) is 9.47. The zero-order valence-corrected chi connectivity index (χ0v) is 13.3. The van der Waals surface area contributed by atoms with Gasteiger partial charge in [-0.2, -0.15) is 5.10 Å². The van der Waals surface area contributed by atoms with E-state index in [1.807, 2.05) is 30.3 Å². The SMILES string of the molecule is Cc1nn(-c2ccccc2)c(Cl)c1C(=O)OCC(=O)NC1CC1. The van der Waals surface area contributed by atoms with Crippen LogP contribution in [0.25, 0.3) is 5.69 Å². The number of aryl methyl sites for hydroxylation is 1. The highest BCUT2D eigenvalue weighted by molar-refractivity contribution is 6.33. The van der Waals surface area contributed by atoms with Crippen LogP contribution in [0, 0.1) is 6.92 Å². The molecule has 1 amide bonds. The van der Waals surface area contributed by atoms with E-state index in [0.29, 0.717) is 5.69 Å². The van der Waals surface area contributed by atoms with Crippen molar-refractivity contribution in [1.29, 1.82) is 0 Å². The van der Waals surface area contributed by atoms with Crippen LogP contribution in [-0.2, 0) is 9.53 Å². The molecule has 1 aromatic carbocycles. The number of amides is 1. The molecular weight excluding hydrogens is 318 g/mol. The van der Waals surface area contributed by atoms with E-state index >= 15 is 0 Å². The molecule has 6 nitrogen and oxygen atoms in total. The maximum atomic E-state index is 12.2. The van der Waals surface area contributed by atoms with Gasteiger partial charge in [-0.3, -0.25) is 4.79 Å². The Hall–Kier alpha value is -2.34. The summed E-state index contributed by atoms with van der Waals surface area (Å²) in [5, 5.41) is 7.19. The number of carbonyl (C=O) groups is 2. The molecule has 1 heterocycles. The van der Waals surface area contributed by atoms with E-state index in [0.717, 1.165) is 18.5 Å². The fourth-order valence-corrected chi connectivity index (χ4v) is 2.52. The van der Waals surface area contributed by atoms with E-state index in [2.05, 4.69) is 10.4 Å². The van der Waals surface area contributed by atoms with E-state index in [4.69, 9.17) is 16.3 Å². The van der Waals surface area contributed by atoms with Crippen LogP contribution in [-0.4, -0.2) is 34.3 Å². The van der Waals surface area contributed by atoms with E-state index in [-0.39, 0.29) is 29.3 Å². The minimum Gasteiger partial charge on any atom is -0.452 e. The van der Waals surface area contributed by atoms with Gasteiger partial charge in [0.05, 0.1) is 11.4 Å². The third-order valence-corrected chi connectivity index (χ3v) is 3.83. The van der Waals surface area contributed by atoms with E-state index < -0.39 is 5.97 Å². The Morgan fingerprint density at radius 1 is 1.35 bits per heavy atom. The molecule has 7 heteroatoms. The summed E-state index contributed by atoms with van der Waals surface area (Å²) in [5.41, 5.74) is 1.37. The number of hydrogen-bond donors (Lipinski definition) is 1. The first-order valence-electron chi connectivity index (χ1n) is 7.33. The fourth-order valence-electron chi connectivity index (χ4n) is 2.17. The summed E-state index contributed by atoms with van der Waals surface area (Å²) < 4.78 is 6.51. The zero-order valence-electron chi connectivity index (χ0n) is 12.6. The third-order valence-electron chi connectivity index (χ3n) is 3.49. The molecule has 1 aliphatic rings. The summed E-state index contributed by atoms with van der Waals surface area (Å²) in [6.45, 7) is 1.35. The van der Waals surface area contributed by atoms with Crippen molar-refractivity contribution >= 4 is 23.5 Å². The van der Waals surface area contributed by atoms with Crippen LogP contribution in [0.3, 0.4) is 0 Å². The van der Waals surface area contributed by atoms with Gasteiger partial charge in [0.1, 0.15) is 10.7 Å². The molecule has 0 bridgehead atoms. The smallest absolute Gasteiger partial charge is 0.343 e. The van der Waals surface area contributed by atoms with Crippen molar-refractivity contribution in [3.8, 4) is 5.69 Å². The van der Waals surface area contributed by atoms with Gasteiger partial charge in [-0.25, -0.2) is 9.48 Å². The molecule has 3 rings (SSSR count). The summed E-state index contributed by atoms with van der Waals surface area (Å²) in [5.74, 6) is -0.953. The van der Waals surface area contributed by atoms with Crippen molar-refractivity contribution < 1.29 is 14.3 Å². The van der Waals surface area contributed by atoms with Crippen LogP contribution < -0.4 is 5.32 Å². The van der Waals surface area contributed by atoms with Crippen molar-refractivity contribution in [2.45, 2.75) is 25.8 Å². The molecule has 1 fully saturated rings. The Balaban J connectivity index is 1.73. The topological polar surface area (TPSA) is 73.2 Å². The maximum absolute atomic E-state index is 12.2. The van der Waals surface area contributed by atoms with Crippen molar-refractivity contribution in [1.82, 2.24) is 15.1 Å². The molecule has 1 N–H and O–H groups in total. The van der Waals surface area contributed by atoms with Gasteiger partial charge in [0.15, 0.2) is 6.61 Å². The molecule has 0 spiro atoms. The molecule has 1 aromatic heterocycles. The summed E-state index contributed by atoms with van der Waals surface area (Å²) >= 11 is 6.27. The maximum Gasteiger partial charge on any atom is 0.343 e. The average molecular weight is 334 g/mol. The first-order valence-corrected chi connectivity index (χ1v) is 7.71. The van der Waals surface area contributed by atoms with Gasteiger partial charge in [-0.1, -0.05) is 29.8 Å². The van der Waals surface area contributed by atoms with Crippen molar-refractivity contribution in [3.05, 3.63) is 46.7 Å². The van der Waals surface area contributed by atoms with Crippen molar-refractivity contribution in [2.24, 2.45) is 0 Å². The Kier molecular flexibility index (Phi) is 4.34. The first-order chi connectivity index (χ1) is 11.1. The van der Waals surface area contributed by atoms with Crippen LogP contribution >= 0.6 is 11.6 Å². The second-order valence-corrected chi connectivity index (χ2v) is 5.77. The van der Waals surface area contributed by atoms with Gasteiger partial charge in [-0.05, 0) is 31.9 Å². The Bertz CT molecular complexity index is 739. The normalized spacial score (nSPS) is 13.7. The molecule has 2 aromatic rings. The molecule has 0 atom stereocenters. The summed E-state index contributed by atoms with van der Waals surface area (Å²) in [4.78, 5) is 23.8. The van der Waals surface area contributed by atoms with E-state index in [1.54, 1.807) is 6.92 Å². The quantitative estimate of drug-likeness (QED) is 0.852. The highest BCUT2D eigenvalue weighted by atomic mass is 35.5. The molecule has 1 aliphatic carbocycles. The third kappa shape index (κ3) is 3.53. The van der Waals surface area contributed by atoms with Gasteiger partial charge in [-0.15, -0.1) is 0 Å². The summed E-state index contributed by atoms with van der Waals surface area (Å²) in [7, 11) is 0. The number of para-hydroxylation sites is 1. The van der Waals surface area contributed by atoms with Crippen molar-refractivity contribution in [2.75, 3.05) is 6.61 Å². The molecular formula is C16H16ClN3O3. The number of esters is 1. The predicted molar refractivity (Wildman–Crippen MR) is 84.8 cm³/mol. The minimum atomic E-state index is -0.652. The van der Waals surface area contributed by atoms with Crippen LogP contribution in [0.5, 0.6) is 0 Å². The number of benzene rings is 1.